The van der Waals surface area contributed by atoms with Gasteiger partial charge in [0.15, 0.2) is 0 Å². The van der Waals surface area contributed by atoms with Crippen LogP contribution in [0.25, 0.3) is 0 Å². The predicted molar refractivity (Wildman–Crippen MR) is 88.6 cm³/mol. The van der Waals surface area contributed by atoms with Crippen LogP contribution >= 0.6 is 0 Å². The molecule has 1 amide bonds. The molecule has 2 aliphatic heterocycles. The highest BCUT2D eigenvalue weighted by Gasteiger charge is 2.27. The van der Waals surface area contributed by atoms with E-state index in [2.05, 4.69) is 18.7 Å². The van der Waals surface area contributed by atoms with Crippen LogP contribution in [0.4, 0.5) is 0 Å². The third-order valence-electron chi connectivity index (χ3n) is 4.79. The molecule has 5 heteroatoms. The third-order valence-corrected chi connectivity index (χ3v) is 4.79. The molecule has 0 spiro atoms. The van der Waals surface area contributed by atoms with Crippen LogP contribution in [0, 0.1) is 5.92 Å². The van der Waals surface area contributed by atoms with Crippen LogP contribution in [0.15, 0.2) is 0 Å². The number of nitrogens with two attached hydrogens (primary N) is 1. The fraction of sp³-hybridized carbons (Fsp3) is 0.941. The molecule has 3 unspecified atom stereocenters. The van der Waals surface area contributed by atoms with Crippen molar-refractivity contribution in [1.82, 2.24) is 9.80 Å². The average molecular weight is 311 g/mol. The summed E-state index contributed by atoms with van der Waals surface area (Å²) in [6.07, 6.45) is 4.32. The maximum Gasteiger partial charge on any atom is 0.222 e. The number of carbonyl (C=O) groups is 1. The molecular weight excluding hydrogens is 278 g/mol. The molecule has 0 aromatic carbocycles. The number of ether oxygens (including phenoxy) is 1. The number of hydrogen-bond donors (Lipinski definition) is 1. The Morgan fingerprint density at radius 2 is 1.82 bits per heavy atom. The Morgan fingerprint density at radius 3 is 2.36 bits per heavy atom. The molecular formula is C17H33N3O2. The van der Waals surface area contributed by atoms with Crippen molar-refractivity contribution in [2.24, 2.45) is 11.7 Å². The summed E-state index contributed by atoms with van der Waals surface area (Å²) in [4.78, 5) is 16.7. The van der Waals surface area contributed by atoms with E-state index >= 15 is 0 Å². The normalized spacial score (nSPS) is 29.5. The molecule has 0 aromatic rings. The maximum atomic E-state index is 12.1. The molecule has 2 N–H and O–H groups in total. The van der Waals surface area contributed by atoms with Gasteiger partial charge in [-0.3, -0.25) is 9.69 Å². The van der Waals surface area contributed by atoms with Crippen molar-refractivity contribution in [2.45, 2.75) is 64.7 Å². The molecule has 0 aromatic heterocycles. The predicted octanol–water partition coefficient (Wildman–Crippen LogP) is 1.46. The number of amides is 1. The quantitative estimate of drug-likeness (QED) is 0.835. The first-order valence-corrected chi connectivity index (χ1v) is 8.85. The van der Waals surface area contributed by atoms with Crippen LogP contribution in [0.3, 0.4) is 0 Å². The molecule has 22 heavy (non-hydrogen) atoms. The van der Waals surface area contributed by atoms with Gasteiger partial charge in [0.2, 0.25) is 5.91 Å². The Labute approximate surface area is 135 Å². The van der Waals surface area contributed by atoms with E-state index in [0.717, 1.165) is 57.9 Å². The summed E-state index contributed by atoms with van der Waals surface area (Å²) in [6, 6.07) is 0.117. The molecule has 0 saturated carbocycles. The highest BCUT2D eigenvalue weighted by Crippen LogP contribution is 2.21. The van der Waals surface area contributed by atoms with Gasteiger partial charge >= 0.3 is 0 Å². The first-order valence-electron chi connectivity index (χ1n) is 8.85. The second-order valence-corrected chi connectivity index (χ2v) is 7.32. The van der Waals surface area contributed by atoms with Gasteiger partial charge in [-0.05, 0) is 46.0 Å². The van der Waals surface area contributed by atoms with Crippen LogP contribution in [-0.4, -0.2) is 66.7 Å². The number of morpholine rings is 1. The lowest BCUT2D eigenvalue weighted by Gasteiger charge is -2.39. The zero-order valence-electron chi connectivity index (χ0n) is 14.5. The van der Waals surface area contributed by atoms with Gasteiger partial charge in [0.25, 0.3) is 0 Å². The fourth-order valence-corrected chi connectivity index (χ4v) is 3.67. The van der Waals surface area contributed by atoms with Gasteiger partial charge < -0.3 is 15.4 Å². The molecule has 128 valence electrons. The van der Waals surface area contributed by atoms with Gasteiger partial charge in [0, 0.05) is 45.2 Å². The number of nitrogens with zero attached hydrogens (tertiary/aromatic N) is 2. The number of likely N-dealkylation sites (tertiary alicyclic amines) is 1. The SMILES string of the molecule is CC(N)CCC(=O)N1CCC(CN2CC(C)OC(C)C2)CC1. The van der Waals surface area contributed by atoms with Crippen LogP contribution in [0.2, 0.25) is 0 Å². The minimum atomic E-state index is 0.117. The lowest BCUT2D eigenvalue weighted by atomic mass is 9.95. The van der Waals surface area contributed by atoms with E-state index in [-0.39, 0.29) is 11.9 Å². The summed E-state index contributed by atoms with van der Waals surface area (Å²) < 4.78 is 5.80. The van der Waals surface area contributed by atoms with E-state index in [0.29, 0.717) is 18.6 Å². The fourth-order valence-electron chi connectivity index (χ4n) is 3.67. The van der Waals surface area contributed by atoms with Gasteiger partial charge in [-0.1, -0.05) is 0 Å². The van der Waals surface area contributed by atoms with Crippen molar-refractivity contribution in [3.05, 3.63) is 0 Å². The molecule has 0 bridgehead atoms. The van der Waals surface area contributed by atoms with E-state index in [1.165, 1.54) is 0 Å². The van der Waals surface area contributed by atoms with Gasteiger partial charge in [-0.25, -0.2) is 0 Å². The highest BCUT2D eigenvalue weighted by molar-refractivity contribution is 5.76. The Hall–Kier alpha value is -0.650. The molecule has 2 fully saturated rings. The monoisotopic (exact) mass is 311 g/mol. The number of piperidine rings is 1. The summed E-state index contributed by atoms with van der Waals surface area (Å²) in [6.45, 7) is 11.3. The summed E-state index contributed by atoms with van der Waals surface area (Å²) in [5, 5.41) is 0. The van der Waals surface area contributed by atoms with E-state index in [1.54, 1.807) is 0 Å². The van der Waals surface area contributed by atoms with Crippen molar-refractivity contribution in [3.8, 4) is 0 Å². The largest absolute Gasteiger partial charge is 0.373 e. The molecule has 2 saturated heterocycles. The van der Waals surface area contributed by atoms with Gasteiger partial charge in [0.05, 0.1) is 12.2 Å². The third kappa shape index (κ3) is 5.52. The van der Waals surface area contributed by atoms with E-state index in [1.807, 2.05) is 11.8 Å². The zero-order chi connectivity index (χ0) is 16.1. The summed E-state index contributed by atoms with van der Waals surface area (Å²) in [5.74, 6) is 0.999. The van der Waals surface area contributed by atoms with Crippen molar-refractivity contribution < 1.29 is 9.53 Å². The molecule has 2 heterocycles. The molecule has 0 aliphatic carbocycles. The Balaban J connectivity index is 1.69. The molecule has 0 radical (unpaired) electrons. The topological polar surface area (TPSA) is 58.8 Å². The number of hydrogen-bond acceptors (Lipinski definition) is 4. The van der Waals surface area contributed by atoms with Crippen molar-refractivity contribution in [3.63, 3.8) is 0 Å². The first-order chi connectivity index (χ1) is 10.4. The van der Waals surface area contributed by atoms with Gasteiger partial charge in [-0.15, -0.1) is 0 Å². The van der Waals surface area contributed by atoms with Crippen LogP contribution in [-0.2, 0) is 9.53 Å². The van der Waals surface area contributed by atoms with E-state index in [9.17, 15) is 4.79 Å². The first kappa shape index (κ1) is 17.7. The van der Waals surface area contributed by atoms with E-state index < -0.39 is 0 Å². The second kappa shape index (κ2) is 8.27. The van der Waals surface area contributed by atoms with Crippen LogP contribution in [0.5, 0.6) is 0 Å². The van der Waals surface area contributed by atoms with Crippen LogP contribution in [0.1, 0.15) is 46.5 Å². The Morgan fingerprint density at radius 1 is 1.23 bits per heavy atom. The van der Waals surface area contributed by atoms with E-state index in [4.69, 9.17) is 10.5 Å². The minimum absolute atomic E-state index is 0.117. The maximum absolute atomic E-state index is 12.1. The van der Waals surface area contributed by atoms with Crippen molar-refractivity contribution in [2.75, 3.05) is 32.7 Å². The second-order valence-electron chi connectivity index (χ2n) is 7.32. The van der Waals surface area contributed by atoms with Crippen molar-refractivity contribution >= 4 is 5.91 Å². The molecule has 2 rings (SSSR count). The van der Waals surface area contributed by atoms with Crippen LogP contribution < -0.4 is 5.73 Å². The van der Waals surface area contributed by atoms with Gasteiger partial charge in [0.1, 0.15) is 0 Å². The lowest BCUT2D eigenvalue weighted by Crippen LogP contribution is -2.48. The number of rotatable bonds is 5. The minimum Gasteiger partial charge on any atom is -0.373 e. The number of carbonyl (C=O) groups excluding carboxylic acids is 1. The highest BCUT2D eigenvalue weighted by atomic mass is 16.5. The summed E-state index contributed by atoms with van der Waals surface area (Å²) >= 11 is 0. The Kier molecular flexibility index (Phi) is 6.66. The smallest absolute Gasteiger partial charge is 0.222 e. The van der Waals surface area contributed by atoms with Gasteiger partial charge in [-0.2, -0.15) is 0 Å². The molecule has 3 atom stereocenters. The summed E-state index contributed by atoms with van der Waals surface area (Å²) in [5.41, 5.74) is 5.73. The molecule has 2 aliphatic rings. The standard InChI is InChI=1S/C17H33N3O2/c1-13(18)4-5-17(21)20-8-6-16(7-9-20)12-19-10-14(2)22-15(3)11-19/h13-16H,4-12,18H2,1-3H3. The van der Waals surface area contributed by atoms with Crippen molar-refractivity contribution in [1.29, 1.82) is 0 Å². The lowest BCUT2D eigenvalue weighted by molar-refractivity contribution is -0.133. The Bertz CT molecular complexity index is 344. The summed E-state index contributed by atoms with van der Waals surface area (Å²) in [7, 11) is 0. The average Bonchev–Trinajstić information content (AvgIpc) is 2.44. The zero-order valence-corrected chi connectivity index (χ0v) is 14.5. The molecule has 5 nitrogen and oxygen atoms in total.